The molecule has 0 saturated carbocycles. The molecule has 83 heavy (non-hydrogen) atoms. The zero-order chi connectivity index (χ0) is 60.3. The van der Waals surface area contributed by atoms with Gasteiger partial charge in [-0.05, 0) is 109 Å². The molecule has 1 aromatic heterocycles. The van der Waals surface area contributed by atoms with Gasteiger partial charge in [-0.2, -0.15) is 11.6 Å². The lowest BCUT2D eigenvalue weighted by Gasteiger charge is -2.39. The highest BCUT2D eigenvalue weighted by atomic mass is 32.2. The van der Waals surface area contributed by atoms with E-state index in [4.69, 9.17) is 23.7 Å². The van der Waals surface area contributed by atoms with Crippen LogP contribution in [0, 0.1) is 54.1 Å². The van der Waals surface area contributed by atoms with Gasteiger partial charge in [0.25, 0.3) is 0 Å². The van der Waals surface area contributed by atoms with Crippen molar-refractivity contribution in [3.63, 3.8) is 0 Å². The number of benzene rings is 3. The van der Waals surface area contributed by atoms with Crippen molar-refractivity contribution in [3.8, 4) is 47.2 Å². The molecule has 6 rings (SSSR count). The van der Waals surface area contributed by atoms with E-state index >= 15 is 0 Å². The van der Waals surface area contributed by atoms with E-state index in [1.54, 1.807) is 33.3 Å². The van der Waals surface area contributed by atoms with Crippen molar-refractivity contribution >= 4 is 62.1 Å². The van der Waals surface area contributed by atoms with Gasteiger partial charge in [0.05, 0.1) is 106 Å². The summed E-state index contributed by atoms with van der Waals surface area (Å²) in [5.41, 5.74) is 11.0. The third-order valence-electron chi connectivity index (χ3n) is 13.7. The summed E-state index contributed by atoms with van der Waals surface area (Å²) in [5, 5.41) is 0. The Balaban J connectivity index is 1.51. The molecular formula is C64H75BN4O12S2. The molecule has 0 unspecified atom stereocenters. The van der Waals surface area contributed by atoms with Crippen molar-refractivity contribution in [3.05, 3.63) is 153 Å². The number of hydrogen-bond donors (Lipinski definition) is 0. The van der Waals surface area contributed by atoms with Crippen molar-refractivity contribution in [1.82, 2.24) is 4.48 Å². The fraction of sp³-hybridized carbons (Fsp3) is 0.375. The van der Waals surface area contributed by atoms with Gasteiger partial charge >= 0.3 is 12.4 Å². The van der Waals surface area contributed by atoms with E-state index in [-0.39, 0.29) is 32.7 Å². The maximum absolute atomic E-state index is 13.0. The van der Waals surface area contributed by atoms with E-state index in [0.717, 1.165) is 67.3 Å². The molecule has 16 nitrogen and oxygen atoms in total. The maximum Gasteiger partial charge on any atom is 0.520 e. The molecule has 0 saturated heterocycles. The van der Waals surface area contributed by atoms with Crippen molar-refractivity contribution < 1.29 is 67.9 Å². The van der Waals surface area contributed by atoms with E-state index < -0.39 is 44.1 Å². The average molecular weight is 1170 g/mol. The molecule has 438 valence electrons. The van der Waals surface area contributed by atoms with E-state index in [9.17, 15) is 30.7 Å². The lowest BCUT2D eigenvalue weighted by atomic mass is 9.45. The van der Waals surface area contributed by atoms with Crippen LogP contribution in [-0.2, 0) is 43.9 Å². The Hall–Kier alpha value is -7.08. The summed E-state index contributed by atoms with van der Waals surface area (Å²) >= 11 is 0. The summed E-state index contributed by atoms with van der Waals surface area (Å²) in [5.74, 6) is 25.9. The number of nitrogens with zero attached hydrogens (tertiary/aromatic N) is 4. The number of ether oxygens (including phenoxy) is 5. The predicted octanol–water partition coefficient (Wildman–Crippen LogP) is 6.47. The fourth-order valence-corrected chi connectivity index (χ4v) is 10.6. The molecule has 0 N–H and O–H groups in total. The second-order valence-corrected chi connectivity index (χ2v) is 24.6. The molecule has 4 aromatic rings. The SMILES string of the molecule is CCOC(=O)c1ccc(C2=C3C(C)=CC(/C=C/c4ccc(C#CC[N+](C)(C)CCCS(=O)(=O)[O-])cc4)=[N+]3[B-](C#CCOCCOC)(C#CCOCCOC)n3c(/C=C/c4ccc(C#CC[N+](C)(C)CCCS(=O)(=O)[O-])cc4)cc(C)c32)cc1. The van der Waals surface area contributed by atoms with Crippen LogP contribution >= 0.6 is 0 Å². The number of carbonyl (C=O) groups is 1. The molecular weight excluding hydrogens is 1090 g/mol. The van der Waals surface area contributed by atoms with Crippen molar-refractivity contribution in [2.45, 2.75) is 33.6 Å². The second-order valence-electron chi connectivity index (χ2n) is 21.5. The van der Waals surface area contributed by atoms with Crippen LogP contribution in [0.5, 0.6) is 0 Å². The topological polar surface area (TPSA) is 186 Å². The number of rotatable bonds is 25. The van der Waals surface area contributed by atoms with Gasteiger partial charge in [0.15, 0.2) is 11.4 Å². The highest BCUT2D eigenvalue weighted by Crippen LogP contribution is 2.44. The Morgan fingerprint density at radius 2 is 1.17 bits per heavy atom. The normalized spacial score (nSPS) is 14.0. The minimum Gasteiger partial charge on any atom is -0.748 e. The molecule has 3 heterocycles. The largest absolute Gasteiger partial charge is 0.748 e. The van der Waals surface area contributed by atoms with E-state index in [2.05, 4.69) is 94.3 Å². The van der Waals surface area contributed by atoms with Crippen LogP contribution in [0.3, 0.4) is 0 Å². The zero-order valence-corrected chi connectivity index (χ0v) is 50.7. The molecule has 0 radical (unpaired) electrons. The molecule has 0 bridgehead atoms. The molecule has 0 aliphatic carbocycles. The first-order valence-electron chi connectivity index (χ1n) is 27.4. The zero-order valence-electron chi connectivity index (χ0n) is 49.1. The number of carbonyl (C=O) groups excluding carboxylic acids is 1. The molecule has 3 aromatic carbocycles. The minimum absolute atomic E-state index is 0.0985. The minimum atomic E-state index is -4.28. The molecule has 19 heteroatoms. The molecule has 0 fully saturated rings. The van der Waals surface area contributed by atoms with Gasteiger partial charge in [-0.25, -0.2) is 21.6 Å². The highest BCUT2D eigenvalue weighted by Gasteiger charge is 2.51. The monoisotopic (exact) mass is 1170 g/mol. The number of methoxy groups -OCH3 is 2. The maximum atomic E-state index is 13.0. The first-order valence-corrected chi connectivity index (χ1v) is 30.6. The van der Waals surface area contributed by atoms with Gasteiger partial charge < -0.3 is 50.7 Å². The second kappa shape index (κ2) is 29.9. The lowest BCUT2D eigenvalue weighted by Crippen LogP contribution is -2.57. The van der Waals surface area contributed by atoms with Crippen LogP contribution in [0.4, 0.5) is 0 Å². The highest BCUT2D eigenvalue weighted by molar-refractivity contribution is 7.85. The molecule has 2 aliphatic heterocycles. The van der Waals surface area contributed by atoms with Gasteiger partial charge in [-0.15, -0.1) is 11.8 Å². The van der Waals surface area contributed by atoms with Crippen LogP contribution in [0.25, 0.3) is 23.8 Å². The lowest BCUT2D eigenvalue weighted by molar-refractivity contribution is -0.883. The van der Waals surface area contributed by atoms with Gasteiger partial charge in [0.1, 0.15) is 26.3 Å². The summed E-state index contributed by atoms with van der Waals surface area (Å²) in [7, 11) is 2.49. The summed E-state index contributed by atoms with van der Waals surface area (Å²) in [6.07, 6.45) is 8.39. The standard InChI is InChI=1S/C64H75BN4O12S2/c1-10-81-64(70)58-31-29-57(30-32-58)61-62-51(2)49-59(33-27-55-23-19-53(20-24-55)17-11-37-68(4,5)39-15-47-82(71,72)73)66(62)65(35-13-41-79-45-43-77-8,36-14-42-80-46-44-78-9)67-60(50-52(3)63(61)67)34-28-56-25-21-54(22-26-56)18-12-38-69(6,7)40-16-48-83(74,75)76/h19-34,49-50H,10,15-16,37-48H2,1-9H3/b33-27+,34-28+. The Morgan fingerprint density at radius 1 is 0.675 bits per heavy atom. The van der Waals surface area contributed by atoms with Crippen LogP contribution in [-0.4, -0.2) is 188 Å². The van der Waals surface area contributed by atoms with Crippen LogP contribution in [0.2, 0.25) is 0 Å². The van der Waals surface area contributed by atoms with Gasteiger partial charge in [-0.1, -0.05) is 54.3 Å². The van der Waals surface area contributed by atoms with Crippen LogP contribution in [0.1, 0.15) is 81.8 Å². The van der Waals surface area contributed by atoms with E-state index in [0.29, 0.717) is 67.1 Å². The predicted molar refractivity (Wildman–Crippen MR) is 325 cm³/mol. The van der Waals surface area contributed by atoms with Crippen molar-refractivity contribution in [2.75, 3.05) is 126 Å². The Kier molecular flexibility index (Phi) is 23.5. The number of esters is 1. The number of aryl methyl sites for hydroxylation is 1. The van der Waals surface area contributed by atoms with Crippen molar-refractivity contribution in [1.29, 1.82) is 0 Å². The van der Waals surface area contributed by atoms with Gasteiger partial charge in [0, 0.05) is 78.8 Å². The first kappa shape index (κ1) is 65.1. The molecule has 0 atom stereocenters. The quantitative estimate of drug-likeness (QED) is 0.0176. The number of hydrogen-bond acceptors (Lipinski definition) is 12. The summed E-state index contributed by atoms with van der Waals surface area (Å²) in [6, 6.07) is 25.4. The van der Waals surface area contributed by atoms with Crippen LogP contribution in [0.15, 0.2) is 102 Å². The van der Waals surface area contributed by atoms with Gasteiger partial charge in [0.2, 0.25) is 0 Å². The Morgan fingerprint density at radius 3 is 1.64 bits per heavy atom. The summed E-state index contributed by atoms with van der Waals surface area (Å²) < 4.78 is 100. The number of quaternary nitrogens is 2. The molecule has 0 amide bonds. The summed E-state index contributed by atoms with van der Waals surface area (Å²) in [4.78, 5) is 13.0. The number of aromatic nitrogens is 1. The molecule has 0 spiro atoms. The summed E-state index contributed by atoms with van der Waals surface area (Å²) in [6.45, 7) is 9.77. The number of allylic oxidation sites excluding steroid dienone is 3. The fourth-order valence-electron chi connectivity index (χ4n) is 9.66. The first-order chi connectivity index (χ1) is 39.5. The molecule has 2 aliphatic rings. The van der Waals surface area contributed by atoms with Gasteiger partial charge in [-0.3, -0.25) is 0 Å². The third kappa shape index (κ3) is 19.2. The third-order valence-corrected chi connectivity index (χ3v) is 15.3. The van der Waals surface area contributed by atoms with E-state index in [1.807, 2.05) is 101 Å². The van der Waals surface area contributed by atoms with E-state index in [1.165, 1.54) is 0 Å². The Bertz CT molecular complexity index is 3590. The number of fused-ring (bicyclic) bond motifs is 2. The smallest absolute Gasteiger partial charge is 0.520 e. The van der Waals surface area contributed by atoms with Crippen LogP contribution < -0.4 is 0 Å². The van der Waals surface area contributed by atoms with Crippen molar-refractivity contribution in [2.24, 2.45) is 0 Å². The Labute approximate surface area is 491 Å². The average Bonchev–Trinajstić information content (AvgIpc) is 4.02.